The van der Waals surface area contributed by atoms with E-state index in [2.05, 4.69) is 21.6 Å². The highest BCUT2D eigenvalue weighted by Gasteiger charge is 2.24. The molecule has 0 saturated carbocycles. The molecule has 0 saturated heterocycles. The van der Waals surface area contributed by atoms with E-state index in [4.69, 9.17) is 4.74 Å². The zero-order valence-corrected chi connectivity index (χ0v) is 18.9. The molecule has 32 heavy (non-hydrogen) atoms. The Kier molecular flexibility index (Phi) is 6.75. The molecule has 3 aromatic rings. The van der Waals surface area contributed by atoms with Gasteiger partial charge in [0.1, 0.15) is 5.75 Å². The Hall–Kier alpha value is -3.33. The van der Waals surface area contributed by atoms with Crippen molar-refractivity contribution in [2.45, 2.75) is 31.6 Å². The molecule has 0 unspecified atom stereocenters. The number of anilines is 1. The van der Waals surface area contributed by atoms with Crippen LogP contribution >= 0.6 is 11.8 Å². The van der Waals surface area contributed by atoms with Crippen molar-refractivity contribution in [1.29, 1.82) is 0 Å². The number of rotatable bonds is 8. The summed E-state index contributed by atoms with van der Waals surface area (Å²) < 4.78 is 7.04. The number of carbonyl (C=O) groups excluding carboxylic acids is 2. The summed E-state index contributed by atoms with van der Waals surface area (Å²) in [4.78, 5) is 27.0. The second-order valence-corrected chi connectivity index (χ2v) is 8.21. The van der Waals surface area contributed by atoms with Crippen LogP contribution in [0.1, 0.15) is 28.7 Å². The number of carbonyl (C=O) groups is 2. The molecular formula is C23H25N5O3S. The Balaban J connectivity index is 1.35. The summed E-state index contributed by atoms with van der Waals surface area (Å²) >= 11 is 1.37. The number of thioether (sulfide) groups is 1. The summed E-state index contributed by atoms with van der Waals surface area (Å²) in [7, 11) is 1.58. The van der Waals surface area contributed by atoms with Gasteiger partial charge in [-0.15, -0.1) is 10.2 Å². The predicted octanol–water partition coefficient (Wildman–Crippen LogP) is 2.92. The minimum atomic E-state index is -0.199. The molecule has 1 aromatic heterocycles. The van der Waals surface area contributed by atoms with Gasteiger partial charge >= 0.3 is 0 Å². The number of hydrogen-bond donors (Lipinski definition) is 1. The van der Waals surface area contributed by atoms with Gasteiger partial charge in [0.2, 0.25) is 5.91 Å². The molecule has 0 radical (unpaired) electrons. The highest BCUT2D eigenvalue weighted by atomic mass is 32.2. The fourth-order valence-electron chi connectivity index (χ4n) is 3.68. The first-order chi connectivity index (χ1) is 15.6. The van der Waals surface area contributed by atoms with Crippen LogP contribution in [0.2, 0.25) is 0 Å². The first-order valence-corrected chi connectivity index (χ1v) is 11.4. The van der Waals surface area contributed by atoms with Crippen molar-refractivity contribution in [3.63, 3.8) is 0 Å². The van der Waals surface area contributed by atoms with E-state index >= 15 is 0 Å². The van der Waals surface area contributed by atoms with Crippen LogP contribution in [-0.4, -0.2) is 46.0 Å². The maximum Gasteiger partial charge on any atom is 0.251 e. The van der Waals surface area contributed by atoms with Gasteiger partial charge in [-0.25, -0.2) is 0 Å². The highest BCUT2D eigenvalue weighted by Crippen LogP contribution is 2.28. The van der Waals surface area contributed by atoms with Gasteiger partial charge < -0.3 is 19.5 Å². The summed E-state index contributed by atoms with van der Waals surface area (Å²) in [5, 5.41) is 12.0. The SMILES string of the molecule is CCn1c(CNC(=O)c2ccc(OC)cc2)nnc1SCC(=O)N1CCc2ccccc21. The minimum Gasteiger partial charge on any atom is -0.497 e. The van der Waals surface area contributed by atoms with Gasteiger partial charge in [0.25, 0.3) is 5.91 Å². The molecule has 0 bridgehead atoms. The monoisotopic (exact) mass is 451 g/mol. The molecule has 2 aromatic carbocycles. The van der Waals surface area contributed by atoms with E-state index in [1.807, 2.05) is 34.6 Å². The average molecular weight is 452 g/mol. The first kappa shape index (κ1) is 21.9. The van der Waals surface area contributed by atoms with Crippen LogP contribution in [0.5, 0.6) is 5.75 Å². The quantitative estimate of drug-likeness (QED) is 0.530. The van der Waals surface area contributed by atoms with Crippen LogP contribution in [0.15, 0.2) is 53.7 Å². The smallest absolute Gasteiger partial charge is 0.251 e. The molecule has 1 N–H and O–H groups in total. The van der Waals surface area contributed by atoms with Gasteiger partial charge in [-0.3, -0.25) is 9.59 Å². The van der Waals surface area contributed by atoms with Crippen LogP contribution < -0.4 is 15.0 Å². The lowest BCUT2D eigenvalue weighted by atomic mass is 10.2. The molecule has 1 aliphatic rings. The number of para-hydroxylation sites is 1. The molecule has 2 amide bonds. The second kappa shape index (κ2) is 9.86. The molecule has 0 spiro atoms. The molecule has 0 fully saturated rings. The third-order valence-corrected chi connectivity index (χ3v) is 6.33. The van der Waals surface area contributed by atoms with Crippen molar-refractivity contribution >= 4 is 29.3 Å². The Morgan fingerprint density at radius 3 is 2.66 bits per heavy atom. The van der Waals surface area contributed by atoms with Crippen molar-refractivity contribution in [3.05, 3.63) is 65.5 Å². The summed E-state index contributed by atoms with van der Waals surface area (Å²) in [6.07, 6.45) is 0.885. The summed E-state index contributed by atoms with van der Waals surface area (Å²) in [5.41, 5.74) is 2.74. The van der Waals surface area contributed by atoms with Gasteiger partial charge in [-0.1, -0.05) is 30.0 Å². The van der Waals surface area contributed by atoms with E-state index in [1.165, 1.54) is 17.3 Å². The third kappa shape index (κ3) is 4.62. The van der Waals surface area contributed by atoms with Crippen LogP contribution in [-0.2, 0) is 24.3 Å². The normalized spacial score (nSPS) is 12.5. The van der Waals surface area contributed by atoms with Crippen molar-refractivity contribution in [2.24, 2.45) is 0 Å². The number of amides is 2. The average Bonchev–Trinajstić information content (AvgIpc) is 3.44. The molecule has 4 rings (SSSR count). The molecular weight excluding hydrogens is 426 g/mol. The molecule has 8 nitrogen and oxygen atoms in total. The van der Waals surface area contributed by atoms with Gasteiger partial charge in [-0.05, 0) is 49.2 Å². The van der Waals surface area contributed by atoms with Gasteiger partial charge in [0.05, 0.1) is 19.4 Å². The van der Waals surface area contributed by atoms with Crippen LogP contribution in [0.4, 0.5) is 5.69 Å². The standard InChI is InChI=1S/C23H25N5O3S/c1-3-27-20(14-24-22(30)17-8-10-18(31-2)11-9-17)25-26-23(27)32-15-21(29)28-13-12-16-6-4-5-7-19(16)28/h4-11H,3,12-15H2,1-2H3,(H,24,30). The zero-order valence-electron chi connectivity index (χ0n) is 18.1. The van der Waals surface area contributed by atoms with Crippen molar-refractivity contribution in [2.75, 3.05) is 24.3 Å². The third-order valence-electron chi connectivity index (χ3n) is 5.38. The molecule has 2 heterocycles. The van der Waals surface area contributed by atoms with Crippen LogP contribution in [0.25, 0.3) is 0 Å². The molecule has 0 atom stereocenters. The van der Waals surface area contributed by atoms with Crippen molar-refractivity contribution in [1.82, 2.24) is 20.1 Å². The maximum absolute atomic E-state index is 12.8. The van der Waals surface area contributed by atoms with E-state index < -0.39 is 0 Å². The number of hydrogen-bond acceptors (Lipinski definition) is 6. The number of aromatic nitrogens is 3. The molecule has 0 aliphatic carbocycles. The number of methoxy groups -OCH3 is 1. The van der Waals surface area contributed by atoms with Gasteiger partial charge in [-0.2, -0.15) is 0 Å². The van der Waals surface area contributed by atoms with E-state index in [0.717, 1.165) is 12.1 Å². The fraction of sp³-hybridized carbons (Fsp3) is 0.304. The molecule has 9 heteroatoms. The Labute approximate surface area is 191 Å². The number of ether oxygens (including phenoxy) is 1. The molecule has 1 aliphatic heterocycles. The Morgan fingerprint density at radius 1 is 1.12 bits per heavy atom. The highest BCUT2D eigenvalue weighted by molar-refractivity contribution is 7.99. The van der Waals surface area contributed by atoms with E-state index in [9.17, 15) is 9.59 Å². The van der Waals surface area contributed by atoms with E-state index in [-0.39, 0.29) is 24.1 Å². The number of fused-ring (bicyclic) bond motifs is 1. The zero-order chi connectivity index (χ0) is 22.5. The van der Waals surface area contributed by atoms with Crippen LogP contribution in [0.3, 0.4) is 0 Å². The minimum absolute atomic E-state index is 0.0555. The number of nitrogens with one attached hydrogen (secondary N) is 1. The molecule has 166 valence electrons. The Morgan fingerprint density at radius 2 is 1.91 bits per heavy atom. The lowest BCUT2D eigenvalue weighted by Gasteiger charge is -2.17. The van der Waals surface area contributed by atoms with Crippen molar-refractivity contribution in [3.8, 4) is 5.75 Å². The largest absolute Gasteiger partial charge is 0.497 e. The first-order valence-electron chi connectivity index (χ1n) is 10.5. The lowest BCUT2D eigenvalue weighted by molar-refractivity contribution is -0.116. The Bertz CT molecular complexity index is 1110. The van der Waals surface area contributed by atoms with Crippen LogP contribution in [0, 0.1) is 0 Å². The topological polar surface area (TPSA) is 89.4 Å². The van der Waals surface area contributed by atoms with Gasteiger partial charge in [0.15, 0.2) is 11.0 Å². The van der Waals surface area contributed by atoms with Gasteiger partial charge in [0, 0.05) is 24.3 Å². The maximum atomic E-state index is 12.8. The summed E-state index contributed by atoms with van der Waals surface area (Å²) in [6.45, 7) is 3.59. The summed E-state index contributed by atoms with van der Waals surface area (Å²) in [5.74, 6) is 1.48. The van der Waals surface area contributed by atoms with E-state index in [0.29, 0.717) is 35.4 Å². The number of nitrogens with zero attached hydrogens (tertiary/aromatic N) is 4. The van der Waals surface area contributed by atoms with E-state index in [1.54, 1.807) is 31.4 Å². The van der Waals surface area contributed by atoms with Crippen molar-refractivity contribution < 1.29 is 14.3 Å². The fourth-order valence-corrected chi connectivity index (χ4v) is 4.58. The summed E-state index contributed by atoms with van der Waals surface area (Å²) in [6, 6.07) is 14.9. The second-order valence-electron chi connectivity index (χ2n) is 7.27. The number of benzene rings is 2. The predicted molar refractivity (Wildman–Crippen MR) is 123 cm³/mol. The lowest BCUT2D eigenvalue weighted by Crippen LogP contribution is -2.30.